The zero-order chi connectivity index (χ0) is 19.9. The van der Waals surface area contributed by atoms with Gasteiger partial charge in [-0.15, -0.1) is 5.10 Å². The van der Waals surface area contributed by atoms with Crippen LogP contribution in [0, 0.1) is 0 Å². The maximum atomic E-state index is 12.3. The summed E-state index contributed by atoms with van der Waals surface area (Å²) in [6.45, 7) is 0.891. The van der Waals surface area contributed by atoms with Crippen molar-refractivity contribution in [2.75, 3.05) is 20.8 Å². The molecule has 0 bridgehead atoms. The van der Waals surface area contributed by atoms with Crippen LogP contribution in [0.3, 0.4) is 0 Å². The third-order valence-electron chi connectivity index (χ3n) is 4.24. The lowest BCUT2D eigenvalue weighted by Gasteiger charge is -2.10. The Morgan fingerprint density at radius 3 is 2.71 bits per heavy atom. The van der Waals surface area contributed by atoms with Crippen LogP contribution in [0.1, 0.15) is 21.6 Å². The molecule has 0 aliphatic heterocycles. The van der Waals surface area contributed by atoms with E-state index in [1.165, 1.54) is 0 Å². The number of rotatable bonds is 8. The molecule has 0 fully saturated rings. The Hall–Kier alpha value is -3.06. The fraction of sp³-hybridized carbons (Fsp3) is 0.250. The van der Waals surface area contributed by atoms with Gasteiger partial charge in [0, 0.05) is 17.6 Å². The minimum Gasteiger partial charge on any atom is -0.497 e. The first-order valence-electron chi connectivity index (χ1n) is 8.73. The molecule has 8 heteroatoms. The molecule has 0 spiro atoms. The second-order valence-electron chi connectivity index (χ2n) is 6.08. The van der Waals surface area contributed by atoms with E-state index in [1.54, 1.807) is 25.1 Å². The van der Waals surface area contributed by atoms with Gasteiger partial charge in [-0.1, -0.05) is 41.1 Å². The zero-order valence-electron chi connectivity index (χ0n) is 15.7. The van der Waals surface area contributed by atoms with Crippen molar-refractivity contribution in [2.24, 2.45) is 0 Å². The van der Waals surface area contributed by atoms with Crippen molar-refractivity contribution in [3.05, 3.63) is 70.5 Å². The van der Waals surface area contributed by atoms with Crippen LogP contribution in [0.15, 0.2) is 48.7 Å². The predicted octanol–water partition coefficient (Wildman–Crippen LogP) is 2.97. The van der Waals surface area contributed by atoms with Crippen LogP contribution >= 0.6 is 11.6 Å². The van der Waals surface area contributed by atoms with Gasteiger partial charge in [0.25, 0.3) is 5.91 Å². The molecule has 0 saturated carbocycles. The van der Waals surface area contributed by atoms with E-state index in [1.807, 2.05) is 42.5 Å². The van der Waals surface area contributed by atoms with Crippen molar-refractivity contribution in [1.82, 2.24) is 20.3 Å². The van der Waals surface area contributed by atoms with Crippen LogP contribution in [0.4, 0.5) is 0 Å². The van der Waals surface area contributed by atoms with Gasteiger partial charge < -0.3 is 14.8 Å². The third kappa shape index (κ3) is 4.80. The number of nitrogens with one attached hydrogen (secondary N) is 1. The maximum absolute atomic E-state index is 12.3. The molecule has 0 unspecified atom stereocenters. The number of nitrogens with zero attached hydrogens (tertiary/aromatic N) is 3. The summed E-state index contributed by atoms with van der Waals surface area (Å²) in [5.41, 5.74) is 2.15. The van der Waals surface area contributed by atoms with Gasteiger partial charge in [0.2, 0.25) is 0 Å². The summed E-state index contributed by atoms with van der Waals surface area (Å²) in [6, 6.07) is 13.1. The SMILES string of the molecule is COc1ccc(CCNC(=O)c2cn(Cc3ccccc3Cl)nn2)c(OC)c1. The second-order valence-corrected chi connectivity index (χ2v) is 6.48. The predicted molar refractivity (Wildman–Crippen MR) is 106 cm³/mol. The van der Waals surface area contributed by atoms with E-state index in [0.29, 0.717) is 24.5 Å². The molecule has 28 heavy (non-hydrogen) atoms. The summed E-state index contributed by atoms with van der Waals surface area (Å²) in [4.78, 5) is 12.3. The normalized spacial score (nSPS) is 10.5. The molecule has 0 aliphatic carbocycles. The highest BCUT2D eigenvalue weighted by molar-refractivity contribution is 6.31. The summed E-state index contributed by atoms with van der Waals surface area (Å²) in [5, 5.41) is 11.4. The van der Waals surface area contributed by atoms with E-state index in [4.69, 9.17) is 21.1 Å². The lowest BCUT2D eigenvalue weighted by Crippen LogP contribution is -2.26. The Kier molecular flexibility index (Phi) is 6.49. The molecule has 3 rings (SSSR count). The van der Waals surface area contributed by atoms with E-state index in [9.17, 15) is 4.79 Å². The van der Waals surface area contributed by atoms with Gasteiger partial charge in [0.1, 0.15) is 11.5 Å². The number of hydrogen-bond donors (Lipinski definition) is 1. The van der Waals surface area contributed by atoms with Crippen molar-refractivity contribution in [3.63, 3.8) is 0 Å². The Balaban J connectivity index is 1.56. The van der Waals surface area contributed by atoms with Crippen LogP contribution in [-0.2, 0) is 13.0 Å². The smallest absolute Gasteiger partial charge is 0.273 e. The van der Waals surface area contributed by atoms with Gasteiger partial charge in [-0.05, 0) is 29.7 Å². The second kappa shape index (κ2) is 9.23. The molecule has 1 N–H and O–H groups in total. The fourth-order valence-corrected chi connectivity index (χ4v) is 2.94. The monoisotopic (exact) mass is 400 g/mol. The molecule has 1 aromatic heterocycles. The Bertz CT molecular complexity index is 958. The van der Waals surface area contributed by atoms with Crippen LogP contribution < -0.4 is 14.8 Å². The molecule has 3 aromatic rings. The number of carbonyl (C=O) groups excluding carboxylic acids is 1. The van der Waals surface area contributed by atoms with Gasteiger partial charge in [0.05, 0.1) is 27.0 Å². The lowest BCUT2D eigenvalue weighted by molar-refractivity contribution is 0.0949. The molecule has 0 atom stereocenters. The number of ether oxygens (including phenoxy) is 2. The lowest BCUT2D eigenvalue weighted by atomic mass is 10.1. The highest BCUT2D eigenvalue weighted by Crippen LogP contribution is 2.24. The average Bonchev–Trinajstić information content (AvgIpc) is 3.18. The summed E-state index contributed by atoms with van der Waals surface area (Å²) in [5.74, 6) is 1.16. The quantitative estimate of drug-likeness (QED) is 0.629. The highest BCUT2D eigenvalue weighted by Gasteiger charge is 2.12. The molecule has 1 heterocycles. The highest BCUT2D eigenvalue weighted by atomic mass is 35.5. The molecule has 2 aromatic carbocycles. The van der Waals surface area contributed by atoms with E-state index in [0.717, 1.165) is 22.6 Å². The molecule has 0 saturated heterocycles. The van der Waals surface area contributed by atoms with Gasteiger partial charge >= 0.3 is 0 Å². The van der Waals surface area contributed by atoms with Crippen LogP contribution in [0.2, 0.25) is 5.02 Å². The van der Waals surface area contributed by atoms with E-state index >= 15 is 0 Å². The van der Waals surface area contributed by atoms with Gasteiger partial charge in [-0.25, -0.2) is 4.68 Å². The topological polar surface area (TPSA) is 78.3 Å². The number of carbonyl (C=O) groups is 1. The van der Waals surface area contributed by atoms with Gasteiger partial charge in [-0.3, -0.25) is 4.79 Å². The minimum atomic E-state index is -0.280. The number of amides is 1. The summed E-state index contributed by atoms with van der Waals surface area (Å²) in [7, 11) is 3.21. The van der Waals surface area contributed by atoms with E-state index in [2.05, 4.69) is 15.6 Å². The first kappa shape index (κ1) is 19.7. The average molecular weight is 401 g/mol. The van der Waals surface area contributed by atoms with Gasteiger partial charge in [-0.2, -0.15) is 0 Å². The largest absolute Gasteiger partial charge is 0.497 e. The minimum absolute atomic E-state index is 0.258. The molecule has 7 nitrogen and oxygen atoms in total. The van der Waals surface area contributed by atoms with Crippen molar-refractivity contribution < 1.29 is 14.3 Å². The van der Waals surface area contributed by atoms with E-state index in [-0.39, 0.29) is 11.6 Å². The summed E-state index contributed by atoms with van der Waals surface area (Å²) >= 11 is 6.16. The van der Waals surface area contributed by atoms with E-state index < -0.39 is 0 Å². The first-order chi connectivity index (χ1) is 13.6. The van der Waals surface area contributed by atoms with Crippen LogP contribution in [-0.4, -0.2) is 41.7 Å². The zero-order valence-corrected chi connectivity index (χ0v) is 16.4. The van der Waals surface area contributed by atoms with Crippen molar-refractivity contribution in [1.29, 1.82) is 0 Å². The van der Waals surface area contributed by atoms with Crippen molar-refractivity contribution >= 4 is 17.5 Å². The molecule has 0 radical (unpaired) electrons. The molecule has 1 amide bonds. The Morgan fingerprint density at radius 1 is 1.14 bits per heavy atom. The van der Waals surface area contributed by atoms with Crippen molar-refractivity contribution in [3.8, 4) is 11.5 Å². The summed E-state index contributed by atoms with van der Waals surface area (Å²) in [6.07, 6.45) is 2.22. The fourth-order valence-electron chi connectivity index (χ4n) is 2.74. The van der Waals surface area contributed by atoms with Crippen LogP contribution in [0.5, 0.6) is 11.5 Å². The van der Waals surface area contributed by atoms with Gasteiger partial charge in [0.15, 0.2) is 5.69 Å². The number of hydrogen-bond acceptors (Lipinski definition) is 5. The summed E-state index contributed by atoms with van der Waals surface area (Å²) < 4.78 is 12.1. The number of methoxy groups -OCH3 is 2. The number of halogens is 1. The van der Waals surface area contributed by atoms with Crippen molar-refractivity contribution in [2.45, 2.75) is 13.0 Å². The molecular weight excluding hydrogens is 380 g/mol. The number of aromatic nitrogens is 3. The van der Waals surface area contributed by atoms with Crippen LogP contribution in [0.25, 0.3) is 0 Å². The maximum Gasteiger partial charge on any atom is 0.273 e. The Morgan fingerprint density at radius 2 is 1.96 bits per heavy atom. The number of benzene rings is 2. The first-order valence-corrected chi connectivity index (χ1v) is 9.11. The standard InChI is InChI=1S/C20H21ClN4O3/c1-27-16-8-7-14(19(11-16)28-2)9-10-22-20(26)18-13-25(24-23-18)12-15-5-3-4-6-17(15)21/h3-8,11,13H,9-10,12H2,1-2H3,(H,22,26). The Labute approximate surface area is 168 Å². The molecule has 146 valence electrons. The third-order valence-corrected chi connectivity index (χ3v) is 4.60. The molecular formula is C20H21ClN4O3. The molecule has 0 aliphatic rings.